The molecule has 0 saturated heterocycles. The second kappa shape index (κ2) is 3.86. The quantitative estimate of drug-likeness (QED) is 0.711. The van der Waals surface area contributed by atoms with Crippen molar-refractivity contribution in [3.8, 4) is 0 Å². The van der Waals surface area contributed by atoms with Gasteiger partial charge in [-0.3, -0.25) is 0 Å². The van der Waals surface area contributed by atoms with Crippen molar-refractivity contribution in [1.29, 1.82) is 0 Å². The zero-order chi connectivity index (χ0) is 11.1. The van der Waals surface area contributed by atoms with Gasteiger partial charge >= 0.3 is 0 Å². The highest BCUT2D eigenvalue weighted by molar-refractivity contribution is 6.35. The van der Waals surface area contributed by atoms with Crippen LogP contribution in [-0.4, -0.2) is 9.97 Å². The number of aromatic nitrogens is 2. The zero-order valence-electron chi connectivity index (χ0n) is 8.58. The standard InChI is InChI=1S/C12H10Cl2N2/c13-8-4-5-9-10(6-8)15-12(16-11(9)14)7-2-1-3-7/h4-7H,1-3H2. The minimum Gasteiger partial charge on any atom is -0.232 e. The van der Waals surface area contributed by atoms with Crippen molar-refractivity contribution >= 4 is 34.1 Å². The summed E-state index contributed by atoms with van der Waals surface area (Å²) in [5.41, 5.74) is 0.842. The van der Waals surface area contributed by atoms with Crippen molar-refractivity contribution in [3.05, 3.63) is 34.2 Å². The van der Waals surface area contributed by atoms with E-state index in [0.29, 0.717) is 16.1 Å². The van der Waals surface area contributed by atoms with Crippen LogP contribution in [0.1, 0.15) is 31.0 Å². The molecule has 4 heteroatoms. The van der Waals surface area contributed by atoms with E-state index in [1.54, 1.807) is 0 Å². The van der Waals surface area contributed by atoms with E-state index in [1.165, 1.54) is 19.3 Å². The maximum absolute atomic E-state index is 6.15. The van der Waals surface area contributed by atoms with Crippen LogP contribution in [0.4, 0.5) is 0 Å². The SMILES string of the molecule is Clc1ccc2c(Cl)nc(C3CCC3)nc2c1. The van der Waals surface area contributed by atoms with E-state index in [0.717, 1.165) is 16.7 Å². The molecule has 0 bridgehead atoms. The summed E-state index contributed by atoms with van der Waals surface area (Å²) in [6.45, 7) is 0. The Balaban J connectivity index is 2.18. The van der Waals surface area contributed by atoms with E-state index in [4.69, 9.17) is 23.2 Å². The van der Waals surface area contributed by atoms with Gasteiger partial charge in [0.2, 0.25) is 0 Å². The van der Waals surface area contributed by atoms with Gasteiger partial charge in [-0.1, -0.05) is 29.6 Å². The number of halogens is 2. The summed E-state index contributed by atoms with van der Waals surface area (Å²) >= 11 is 12.1. The van der Waals surface area contributed by atoms with E-state index in [1.807, 2.05) is 18.2 Å². The van der Waals surface area contributed by atoms with E-state index >= 15 is 0 Å². The van der Waals surface area contributed by atoms with Crippen molar-refractivity contribution in [2.45, 2.75) is 25.2 Å². The van der Waals surface area contributed by atoms with Crippen LogP contribution >= 0.6 is 23.2 Å². The van der Waals surface area contributed by atoms with Gasteiger partial charge in [0, 0.05) is 16.3 Å². The predicted molar refractivity (Wildman–Crippen MR) is 66.2 cm³/mol. The fourth-order valence-corrected chi connectivity index (χ4v) is 2.34. The Morgan fingerprint density at radius 1 is 1.12 bits per heavy atom. The highest BCUT2D eigenvalue weighted by Crippen LogP contribution is 2.36. The normalized spacial score (nSPS) is 16.4. The predicted octanol–water partition coefficient (Wildman–Crippen LogP) is 4.20. The molecule has 0 radical (unpaired) electrons. The Hall–Kier alpha value is -0.860. The first-order valence-corrected chi connectivity index (χ1v) is 6.12. The average molecular weight is 253 g/mol. The lowest BCUT2D eigenvalue weighted by Gasteiger charge is -2.23. The van der Waals surface area contributed by atoms with Gasteiger partial charge in [-0.2, -0.15) is 0 Å². The molecular formula is C12H10Cl2N2. The average Bonchev–Trinajstić information content (AvgIpc) is 2.13. The third-order valence-corrected chi connectivity index (χ3v) is 3.62. The van der Waals surface area contributed by atoms with E-state index in [-0.39, 0.29) is 0 Å². The Morgan fingerprint density at radius 3 is 2.62 bits per heavy atom. The van der Waals surface area contributed by atoms with Crippen LogP contribution in [0.25, 0.3) is 10.9 Å². The second-order valence-electron chi connectivity index (χ2n) is 4.16. The monoisotopic (exact) mass is 252 g/mol. The van der Waals surface area contributed by atoms with Gasteiger partial charge in [0.25, 0.3) is 0 Å². The molecule has 1 aliphatic rings. The van der Waals surface area contributed by atoms with E-state index in [2.05, 4.69) is 9.97 Å². The number of rotatable bonds is 1. The van der Waals surface area contributed by atoms with Gasteiger partial charge < -0.3 is 0 Å². The lowest BCUT2D eigenvalue weighted by molar-refractivity contribution is 0.402. The number of benzene rings is 1. The largest absolute Gasteiger partial charge is 0.232 e. The second-order valence-corrected chi connectivity index (χ2v) is 4.96. The molecule has 1 fully saturated rings. The minimum atomic E-state index is 0.487. The number of hydrogen-bond acceptors (Lipinski definition) is 2. The van der Waals surface area contributed by atoms with Gasteiger partial charge in [-0.15, -0.1) is 0 Å². The third kappa shape index (κ3) is 1.66. The van der Waals surface area contributed by atoms with Crippen LogP contribution < -0.4 is 0 Å². The first-order chi connectivity index (χ1) is 7.74. The lowest BCUT2D eigenvalue weighted by atomic mass is 9.85. The van der Waals surface area contributed by atoms with Crippen molar-refractivity contribution in [1.82, 2.24) is 9.97 Å². The lowest BCUT2D eigenvalue weighted by Crippen LogP contribution is -2.12. The number of fused-ring (bicyclic) bond motifs is 1. The van der Waals surface area contributed by atoms with Crippen LogP contribution in [0.5, 0.6) is 0 Å². The first kappa shape index (κ1) is 10.3. The Bertz CT molecular complexity index is 550. The molecule has 82 valence electrons. The molecule has 0 aliphatic heterocycles. The van der Waals surface area contributed by atoms with Gasteiger partial charge in [0.15, 0.2) is 0 Å². The molecule has 0 amide bonds. The molecule has 1 aromatic heterocycles. The highest BCUT2D eigenvalue weighted by Gasteiger charge is 2.23. The summed E-state index contributed by atoms with van der Waals surface area (Å²) < 4.78 is 0. The van der Waals surface area contributed by atoms with E-state index in [9.17, 15) is 0 Å². The van der Waals surface area contributed by atoms with Crippen molar-refractivity contribution in [2.75, 3.05) is 0 Å². The van der Waals surface area contributed by atoms with Crippen LogP contribution in [0.2, 0.25) is 10.2 Å². The molecule has 3 rings (SSSR count). The molecular weight excluding hydrogens is 243 g/mol. The molecule has 0 N–H and O–H groups in total. The van der Waals surface area contributed by atoms with Crippen LogP contribution in [0.3, 0.4) is 0 Å². The Morgan fingerprint density at radius 2 is 1.94 bits per heavy atom. The van der Waals surface area contributed by atoms with Crippen molar-refractivity contribution in [2.24, 2.45) is 0 Å². The molecule has 0 atom stereocenters. The third-order valence-electron chi connectivity index (χ3n) is 3.10. The van der Waals surface area contributed by atoms with Crippen molar-refractivity contribution in [3.63, 3.8) is 0 Å². The topological polar surface area (TPSA) is 25.8 Å². The van der Waals surface area contributed by atoms with E-state index < -0.39 is 0 Å². The zero-order valence-corrected chi connectivity index (χ0v) is 10.1. The van der Waals surface area contributed by atoms with Crippen LogP contribution in [0, 0.1) is 0 Å². The Labute approximate surface area is 104 Å². The maximum Gasteiger partial charge on any atom is 0.140 e. The van der Waals surface area contributed by atoms with Crippen molar-refractivity contribution < 1.29 is 0 Å². The van der Waals surface area contributed by atoms with Gasteiger partial charge in [0.1, 0.15) is 11.0 Å². The fourth-order valence-electron chi connectivity index (χ4n) is 1.93. The summed E-state index contributed by atoms with van der Waals surface area (Å²) in [6, 6.07) is 5.51. The molecule has 1 saturated carbocycles. The van der Waals surface area contributed by atoms with Gasteiger partial charge in [0.05, 0.1) is 5.52 Å². The highest BCUT2D eigenvalue weighted by atomic mass is 35.5. The molecule has 16 heavy (non-hydrogen) atoms. The molecule has 1 aromatic carbocycles. The summed E-state index contributed by atoms with van der Waals surface area (Å²) in [5.74, 6) is 1.35. The molecule has 0 spiro atoms. The molecule has 1 aliphatic carbocycles. The summed E-state index contributed by atoms with van der Waals surface area (Å²) in [4.78, 5) is 8.90. The van der Waals surface area contributed by atoms with Crippen LogP contribution in [0.15, 0.2) is 18.2 Å². The molecule has 2 aromatic rings. The van der Waals surface area contributed by atoms with Crippen LogP contribution in [-0.2, 0) is 0 Å². The summed E-state index contributed by atoms with van der Waals surface area (Å²) in [5, 5.41) is 2.08. The smallest absolute Gasteiger partial charge is 0.140 e. The fraction of sp³-hybridized carbons (Fsp3) is 0.333. The maximum atomic E-state index is 6.15. The van der Waals surface area contributed by atoms with Gasteiger partial charge in [-0.25, -0.2) is 9.97 Å². The molecule has 0 unspecified atom stereocenters. The number of nitrogens with zero attached hydrogens (tertiary/aromatic N) is 2. The number of hydrogen-bond donors (Lipinski definition) is 0. The molecule has 1 heterocycles. The summed E-state index contributed by atoms with van der Waals surface area (Å²) in [6.07, 6.45) is 3.60. The Kier molecular flexibility index (Phi) is 2.49. The van der Waals surface area contributed by atoms with Gasteiger partial charge in [-0.05, 0) is 31.0 Å². The molecule has 2 nitrogen and oxygen atoms in total. The minimum absolute atomic E-state index is 0.487. The summed E-state index contributed by atoms with van der Waals surface area (Å²) in [7, 11) is 0. The first-order valence-electron chi connectivity index (χ1n) is 5.37.